The summed E-state index contributed by atoms with van der Waals surface area (Å²) in [4.78, 5) is 10.9. The van der Waals surface area contributed by atoms with E-state index in [0.717, 1.165) is 5.56 Å². The third-order valence-electron chi connectivity index (χ3n) is 2.09. The van der Waals surface area contributed by atoms with E-state index in [-0.39, 0.29) is 5.97 Å². The number of rotatable bonds is 7. The van der Waals surface area contributed by atoms with Gasteiger partial charge in [-0.05, 0) is 12.5 Å². The highest BCUT2D eigenvalue weighted by molar-refractivity contribution is 5.82. The molecular weight excluding hydrogens is 228 g/mol. The number of carbonyl (C=O) groups is 1. The zero-order valence-corrected chi connectivity index (χ0v) is 10.5. The van der Waals surface area contributed by atoms with Crippen LogP contribution >= 0.6 is 0 Å². The van der Waals surface area contributed by atoms with Crippen molar-refractivity contribution in [3.05, 3.63) is 60.2 Å². The van der Waals surface area contributed by atoms with Gasteiger partial charge in [-0.15, -0.1) is 0 Å². The van der Waals surface area contributed by atoms with Crippen LogP contribution in [0.4, 0.5) is 0 Å². The molecule has 0 fully saturated rings. The molecule has 0 saturated carbocycles. The standard InChI is InChI=1S/C15H18O3/c1-2-18-15(16)11-7-4-8-12-17-13-14-9-5-3-6-10-14/h3-11H,2,12-13H2,1H3/b8-4-,11-7+. The van der Waals surface area contributed by atoms with Gasteiger partial charge < -0.3 is 9.47 Å². The van der Waals surface area contributed by atoms with E-state index >= 15 is 0 Å². The van der Waals surface area contributed by atoms with Gasteiger partial charge in [0.15, 0.2) is 0 Å². The number of carbonyl (C=O) groups excluding carboxylic acids is 1. The molecule has 3 nitrogen and oxygen atoms in total. The van der Waals surface area contributed by atoms with E-state index in [4.69, 9.17) is 9.47 Å². The molecule has 0 aliphatic carbocycles. The first-order valence-electron chi connectivity index (χ1n) is 5.94. The molecule has 0 aliphatic heterocycles. The Labute approximate surface area is 108 Å². The third kappa shape index (κ3) is 6.66. The minimum atomic E-state index is -0.327. The molecule has 0 aromatic heterocycles. The van der Waals surface area contributed by atoms with Gasteiger partial charge in [0.1, 0.15) is 0 Å². The average Bonchev–Trinajstić information content (AvgIpc) is 2.39. The van der Waals surface area contributed by atoms with Gasteiger partial charge in [-0.1, -0.05) is 48.6 Å². The molecular formula is C15H18O3. The number of ether oxygens (including phenoxy) is 2. The van der Waals surface area contributed by atoms with Gasteiger partial charge in [-0.3, -0.25) is 0 Å². The van der Waals surface area contributed by atoms with Crippen LogP contribution in [0.25, 0.3) is 0 Å². The van der Waals surface area contributed by atoms with Crippen LogP contribution in [-0.2, 0) is 20.9 Å². The molecule has 0 N–H and O–H groups in total. The summed E-state index contributed by atoms with van der Waals surface area (Å²) in [7, 11) is 0. The van der Waals surface area contributed by atoms with Crippen LogP contribution in [0.2, 0.25) is 0 Å². The Bertz CT molecular complexity index is 393. The fourth-order valence-electron chi connectivity index (χ4n) is 1.28. The van der Waals surface area contributed by atoms with Gasteiger partial charge in [-0.25, -0.2) is 4.79 Å². The molecule has 0 amide bonds. The predicted molar refractivity (Wildman–Crippen MR) is 71.0 cm³/mol. The highest BCUT2D eigenvalue weighted by atomic mass is 16.5. The monoisotopic (exact) mass is 246 g/mol. The summed E-state index contributed by atoms with van der Waals surface area (Å²) in [6.07, 6.45) is 6.64. The molecule has 0 spiro atoms. The molecule has 96 valence electrons. The van der Waals surface area contributed by atoms with E-state index < -0.39 is 0 Å². The molecule has 0 aliphatic rings. The number of hydrogen-bond donors (Lipinski definition) is 0. The first-order valence-corrected chi connectivity index (χ1v) is 5.94. The van der Waals surface area contributed by atoms with E-state index in [1.807, 2.05) is 36.4 Å². The minimum absolute atomic E-state index is 0.327. The SMILES string of the molecule is CCOC(=O)/C=C/C=C\COCc1ccccc1. The van der Waals surface area contributed by atoms with Crippen molar-refractivity contribution >= 4 is 5.97 Å². The minimum Gasteiger partial charge on any atom is -0.463 e. The van der Waals surface area contributed by atoms with Crippen LogP contribution in [0.3, 0.4) is 0 Å². The summed E-state index contributed by atoms with van der Waals surface area (Å²) in [5.74, 6) is -0.327. The van der Waals surface area contributed by atoms with Gasteiger partial charge in [0, 0.05) is 6.08 Å². The Kier molecular flexibility index (Phi) is 7.25. The normalized spacial score (nSPS) is 11.2. The third-order valence-corrected chi connectivity index (χ3v) is 2.09. The Balaban J connectivity index is 2.12. The Morgan fingerprint density at radius 3 is 2.72 bits per heavy atom. The van der Waals surface area contributed by atoms with Crippen LogP contribution in [0.1, 0.15) is 12.5 Å². The van der Waals surface area contributed by atoms with Crippen LogP contribution in [0.15, 0.2) is 54.6 Å². The summed E-state index contributed by atoms with van der Waals surface area (Å²) in [6.45, 7) is 3.28. The van der Waals surface area contributed by atoms with Crippen LogP contribution in [0.5, 0.6) is 0 Å². The molecule has 3 heteroatoms. The number of hydrogen-bond acceptors (Lipinski definition) is 3. The van der Waals surface area contributed by atoms with E-state index in [0.29, 0.717) is 19.8 Å². The molecule has 0 atom stereocenters. The topological polar surface area (TPSA) is 35.5 Å². The van der Waals surface area contributed by atoms with E-state index in [1.165, 1.54) is 6.08 Å². The zero-order chi connectivity index (χ0) is 13.1. The van der Waals surface area contributed by atoms with Crippen LogP contribution < -0.4 is 0 Å². The maximum Gasteiger partial charge on any atom is 0.330 e. The van der Waals surface area contributed by atoms with Crippen LogP contribution in [-0.4, -0.2) is 19.2 Å². The first kappa shape index (κ1) is 14.2. The van der Waals surface area contributed by atoms with Gasteiger partial charge >= 0.3 is 5.97 Å². The van der Waals surface area contributed by atoms with E-state index in [1.54, 1.807) is 19.1 Å². The summed E-state index contributed by atoms with van der Waals surface area (Å²) in [5, 5.41) is 0. The van der Waals surface area contributed by atoms with Crippen molar-refractivity contribution in [1.29, 1.82) is 0 Å². The lowest BCUT2D eigenvalue weighted by Gasteiger charge is -2.00. The van der Waals surface area contributed by atoms with Crippen molar-refractivity contribution in [2.45, 2.75) is 13.5 Å². The summed E-state index contributed by atoms with van der Waals surface area (Å²) in [6, 6.07) is 9.98. The maximum absolute atomic E-state index is 10.9. The van der Waals surface area contributed by atoms with E-state index in [2.05, 4.69) is 0 Å². The molecule has 1 rings (SSSR count). The quantitative estimate of drug-likeness (QED) is 0.321. The highest BCUT2D eigenvalue weighted by Crippen LogP contribution is 2.00. The van der Waals surface area contributed by atoms with E-state index in [9.17, 15) is 4.79 Å². The van der Waals surface area contributed by atoms with Crippen molar-refractivity contribution in [3.63, 3.8) is 0 Å². The maximum atomic E-state index is 10.9. The molecule has 0 radical (unpaired) electrons. The number of esters is 1. The summed E-state index contributed by atoms with van der Waals surface area (Å²) < 4.78 is 10.2. The molecule has 1 aromatic rings. The number of benzene rings is 1. The van der Waals surface area contributed by atoms with Gasteiger partial charge in [0.2, 0.25) is 0 Å². The summed E-state index contributed by atoms with van der Waals surface area (Å²) >= 11 is 0. The second-order valence-corrected chi connectivity index (χ2v) is 3.54. The number of allylic oxidation sites excluding steroid dienone is 2. The highest BCUT2D eigenvalue weighted by Gasteiger charge is 1.90. The lowest BCUT2D eigenvalue weighted by Crippen LogP contribution is -1.98. The van der Waals surface area contributed by atoms with Gasteiger partial charge in [0.25, 0.3) is 0 Å². The fourth-order valence-corrected chi connectivity index (χ4v) is 1.28. The average molecular weight is 246 g/mol. The Morgan fingerprint density at radius 1 is 1.22 bits per heavy atom. The lowest BCUT2D eigenvalue weighted by molar-refractivity contribution is -0.137. The molecule has 0 saturated heterocycles. The smallest absolute Gasteiger partial charge is 0.330 e. The van der Waals surface area contributed by atoms with Crippen molar-refractivity contribution in [2.24, 2.45) is 0 Å². The van der Waals surface area contributed by atoms with Crippen molar-refractivity contribution in [3.8, 4) is 0 Å². The fraction of sp³-hybridized carbons (Fsp3) is 0.267. The van der Waals surface area contributed by atoms with Gasteiger partial charge in [0.05, 0.1) is 19.8 Å². The summed E-state index contributed by atoms with van der Waals surface area (Å²) in [5.41, 5.74) is 1.15. The Morgan fingerprint density at radius 2 is 2.00 bits per heavy atom. The lowest BCUT2D eigenvalue weighted by atomic mass is 10.2. The molecule has 1 aromatic carbocycles. The second-order valence-electron chi connectivity index (χ2n) is 3.54. The zero-order valence-electron chi connectivity index (χ0n) is 10.5. The molecule has 18 heavy (non-hydrogen) atoms. The molecule has 0 bridgehead atoms. The molecule has 0 heterocycles. The van der Waals surface area contributed by atoms with Crippen molar-refractivity contribution in [1.82, 2.24) is 0 Å². The van der Waals surface area contributed by atoms with Crippen LogP contribution in [0, 0.1) is 0 Å². The predicted octanol–water partition coefficient (Wildman–Crippen LogP) is 2.88. The largest absolute Gasteiger partial charge is 0.463 e. The van der Waals surface area contributed by atoms with Crippen molar-refractivity contribution in [2.75, 3.05) is 13.2 Å². The molecule has 0 unspecified atom stereocenters. The van der Waals surface area contributed by atoms with Gasteiger partial charge in [-0.2, -0.15) is 0 Å². The second kappa shape index (κ2) is 9.19. The first-order chi connectivity index (χ1) is 8.83. The van der Waals surface area contributed by atoms with Crippen molar-refractivity contribution < 1.29 is 14.3 Å². The Hall–Kier alpha value is -1.87.